The fourth-order valence-corrected chi connectivity index (χ4v) is 5.61. The molecule has 0 rings (SSSR count). The number of aliphatic hydroxyl groups is 1. The summed E-state index contributed by atoms with van der Waals surface area (Å²) in [5.41, 5.74) is 0. The molecule has 0 aromatic heterocycles. The van der Waals surface area contributed by atoms with Gasteiger partial charge in [-0.25, -0.2) is 4.57 Å². The smallest absolute Gasteiger partial charge is 0.391 e. The number of aliphatic hydroxyl groups excluding tert-OH is 1. The van der Waals surface area contributed by atoms with Crippen molar-refractivity contribution >= 4 is 13.7 Å². The lowest BCUT2D eigenvalue weighted by atomic mass is 10.0. The van der Waals surface area contributed by atoms with Gasteiger partial charge in [-0.15, -0.1) is 0 Å². The topological polar surface area (TPSA) is 105 Å². The zero-order valence-corrected chi connectivity index (χ0v) is 31.2. The third-order valence-corrected chi connectivity index (χ3v) is 8.88. The van der Waals surface area contributed by atoms with Crippen LogP contribution in [0.25, 0.3) is 0 Å². The Morgan fingerprint density at radius 1 is 0.739 bits per heavy atom. The number of phosphoric ester groups is 1. The van der Waals surface area contributed by atoms with E-state index in [1.54, 1.807) is 0 Å². The average Bonchev–Trinajstić information content (AvgIpc) is 2.99. The number of likely N-dealkylation sites (N-methyl/N-ethyl adjacent to an activating group) is 1. The number of unbranched alkanes of at least 4 members (excludes halogenated alkanes) is 13. The van der Waals surface area contributed by atoms with Gasteiger partial charge in [0.25, 0.3) is 0 Å². The van der Waals surface area contributed by atoms with Crippen LogP contribution in [0.4, 0.5) is 0 Å². The van der Waals surface area contributed by atoms with Crippen LogP contribution < -0.4 is 5.32 Å². The molecule has 9 heteroatoms. The van der Waals surface area contributed by atoms with E-state index in [-0.39, 0.29) is 19.1 Å². The lowest BCUT2D eigenvalue weighted by molar-refractivity contribution is -0.870. The van der Waals surface area contributed by atoms with Crippen LogP contribution in [0.5, 0.6) is 0 Å². The second kappa shape index (κ2) is 29.8. The van der Waals surface area contributed by atoms with E-state index in [9.17, 15) is 19.4 Å². The summed E-state index contributed by atoms with van der Waals surface area (Å²) in [5, 5.41) is 13.7. The number of carbonyl (C=O) groups excluding carboxylic acids is 1. The van der Waals surface area contributed by atoms with Crippen LogP contribution in [0.2, 0.25) is 0 Å². The molecule has 0 aromatic carbocycles. The zero-order valence-electron chi connectivity index (χ0n) is 30.3. The van der Waals surface area contributed by atoms with Crippen molar-refractivity contribution < 1.29 is 32.9 Å². The Morgan fingerprint density at radius 2 is 1.24 bits per heavy atom. The zero-order chi connectivity index (χ0) is 34.4. The number of carbonyl (C=O) groups is 1. The fraction of sp³-hybridized carbons (Fsp3) is 0.811. The van der Waals surface area contributed by atoms with Gasteiger partial charge in [-0.3, -0.25) is 13.8 Å². The van der Waals surface area contributed by atoms with Gasteiger partial charge < -0.3 is 19.8 Å². The summed E-state index contributed by atoms with van der Waals surface area (Å²) in [4.78, 5) is 22.8. The van der Waals surface area contributed by atoms with E-state index in [2.05, 4.69) is 55.6 Å². The first-order chi connectivity index (χ1) is 22.0. The number of nitrogens with zero attached hydrogens (tertiary/aromatic N) is 1. The van der Waals surface area contributed by atoms with E-state index in [1.807, 2.05) is 21.1 Å². The van der Waals surface area contributed by atoms with Crippen molar-refractivity contribution in [1.82, 2.24) is 5.32 Å². The Kier molecular flexibility index (Phi) is 29.0. The maximum atomic E-state index is 12.7. The number of hydrogen-bond donors (Lipinski definition) is 3. The number of rotatable bonds is 32. The molecular formula is C37H72N2O6P+. The summed E-state index contributed by atoms with van der Waals surface area (Å²) >= 11 is 0. The maximum absolute atomic E-state index is 12.7. The van der Waals surface area contributed by atoms with E-state index in [4.69, 9.17) is 9.05 Å². The van der Waals surface area contributed by atoms with Gasteiger partial charge in [0.15, 0.2) is 0 Å². The summed E-state index contributed by atoms with van der Waals surface area (Å²) in [5.74, 6) is -0.167. The van der Waals surface area contributed by atoms with Crippen molar-refractivity contribution in [3.63, 3.8) is 0 Å². The molecule has 0 spiro atoms. The van der Waals surface area contributed by atoms with E-state index in [0.717, 1.165) is 77.0 Å². The van der Waals surface area contributed by atoms with Crippen molar-refractivity contribution in [3.05, 3.63) is 36.5 Å². The SMILES string of the molecule is CCCCC/C=C\C/C=C\C/C=C\CCCCCCCCC(=O)NC(COP(=O)(O)OCC[N+](C)(C)C)C(O)CCCCCCC. The van der Waals surface area contributed by atoms with E-state index in [0.29, 0.717) is 23.9 Å². The first-order valence-electron chi connectivity index (χ1n) is 18.4. The Balaban J connectivity index is 4.27. The Labute approximate surface area is 283 Å². The van der Waals surface area contributed by atoms with E-state index >= 15 is 0 Å². The molecule has 46 heavy (non-hydrogen) atoms. The lowest BCUT2D eigenvalue weighted by Crippen LogP contribution is -2.46. The monoisotopic (exact) mass is 672 g/mol. The number of amides is 1. The van der Waals surface area contributed by atoms with Crippen LogP contribution in [-0.4, -0.2) is 73.4 Å². The van der Waals surface area contributed by atoms with Gasteiger partial charge >= 0.3 is 7.82 Å². The normalized spacial score (nSPS) is 15.2. The van der Waals surface area contributed by atoms with Crippen LogP contribution in [0.15, 0.2) is 36.5 Å². The highest BCUT2D eigenvalue weighted by atomic mass is 31.2. The third kappa shape index (κ3) is 31.3. The second-order valence-electron chi connectivity index (χ2n) is 13.6. The van der Waals surface area contributed by atoms with Crippen LogP contribution in [0.1, 0.15) is 142 Å². The molecule has 0 aromatic rings. The predicted molar refractivity (Wildman–Crippen MR) is 194 cm³/mol. The molecule has 0 bridgehead atoms. The molecule has 270 valence electrons. The lowest BCUT2D eigenvalue weighted by Gasteiger charge is -2.26. The molecule has 0 aliphatic carbocycles. The number of hydrogen-bond acceptors (Lipinski definition) is 5. The molecule has 0 radical (unpaired) electrons. The highest BCUT2D eigenvalue weighted by molar-refractivity contribution is 7.47. The summed E-state index contributed by atoms with van der Waals surface area (Å²) in [6.45, 7) is 4.73. The Morgan fingerprint density at radius 3 is 1.85 bits per heavy atom. The molecule has 1 amide bonds. The minimum Gasteiger partial charge on any atom is -0.391 e. The summed E-state index contributed by atoms with van der Waals surface area (Å²) in [6.07, 6.45) is 33.4. The van der Waals surface area contributed by atoms with Gasteiger partial charge in [0, 0.05) is 6.42 Å². The van der Waals surface area contributed by atoms with Crippen LogP contribution >= 0.6 is 7.82 Å². The largest absolute Gasteiger partial charge is 0.472 e. The highest BCUT2D eigenvalue weighted by Crippen LogP contribution is 2.43. The van der Waals surface area contributed by atoms with Gasteiger partial charge in [0.1, 0.15) is 13.2 Å². The predicted octanol–water partition coefficient (Wildman–Crippen LogP) is 9.18. The van der Waals surface area contributed by atoms with Gasteiger partial charge in [0.05, 0.1) is 39.9 Å². The Bertz CT molecular complexity index is 855. The van der Waals surface area contributed by atoms with Crippen molar-refractivity contribution in [2.75, 3.05) is 40.9 Å². The van der Waals surface area contributed by atoms with Crippen molar-refractivity contribution in [1.29, 1.82) is 0 Å². The minimum atomic E-state index is -4.30. The maximum Gasteiger partial charge on any atom is 0.472 e. The number of nitrogens with one attached hydrogen (secondary N) is 1. The number of allylic oxidation sites excluding steroid dienone is 6. The van der Waals surface area contributed by atoms with Gasteiger partial charge in [-0.05, 0) is 51.4 Å². The van der Waals surface area contributed by atoms with E-state index in [1.165, 1.54) is 38.5 Å². The standard InChI is InChI=1S/C37H71N2O6P/c1-6-8-10-12-13-14-15-16-17-18-19-20-21-22-23-24-25-27-29-31-37(41)38-35(36(40)30-28-26-11-9-7-2)34-45-46(42,43)44-33-32-39(3,4)5/h13-14,16-17,19-20,35-36,40H,6-12,15,18,21-34H2,1-5H3,(H-,38,41,42,43)/p+1/b14-13-,17-16-,20-19-. The van der Waals surface area contributed by atoms with Gasteiger partial charge in [-0.2, -0.15) is 0 Å². The summed E-state index contributed by atoms with van der Waals surface area (Å²) < 4.78 is 23.3. The van der Waals surface area contributed by atoms with Crippen molar-refractivity contribution in [2.24, 2.45) is 0 Å². The molecule has 0 saturated heterocycles. The van der Waals surface area contributed by atoms with Gasteiger partial charge in [0.2, 0.25) is 5.91 Å². The highest BCUT2D eigenvalue weighted by Gasteiger charge is 2.28. The second-order valence-corrected chi connectivity index (χ2v) is 15.1. The number of quaternary nitrogens is 1. The van der Waals surface area contributed by atoms with Crippen LogP contribution in [0.3, 0.4) is 0 Å². The van der Waals surface area contributed by atoms with Crippen LogP contribution in [0, 0.1) is 0 Å². The molecule has 3 unspecified atom stereocenters. The van der Waals surface area contributed by atoms with Crippen molar-refractivity contribution in [3.8, 4) is 0 Å². The Hall–Kier alpha value is -1.28. The molecule has 0 heterocycles. The molecule has 3 N–H and O–H groups in total. The quantitative estimate of drug-likeness (QED) is 0.0285. The molecule has 8 nitrogen and oxygen atoms in total. The number of phosphoric acid groups is 1. The molecule has 0 saturated carbocycles. The summed E-state index contributed by atoms with van der Waals surface area (Å²) in [7, 11) is 1.59. The molecular weight excluding hydrogens is 599 g/mol. The van der Waals surface area contributed by atoms with Crippen LogP contribution in [-0.2, 0) is 18.4 Å². The first kappa shape index (κ1) is 44.7. The molecule has 0 aliphatic heterocycles. The minimum absolute atomic E-state index is 0.0696. The molecule has 0 fully saturated rings. The third-order valence-electron chi connectivity index (χ3n) is 7.89. The van der Waals surface area contributed by atoms with E-state index < -0.39 is 20.0 Å². The fourth-order valence-electron chi connectivity index (χ4n) is 4.87. The van der Waals surface area contributed by atoms with Gasteiger partial charge in [-0.1, -0.05) is 121 Å². The van der Waals surface area contributed by atoms with Crippen molar-refractivity contribution in [2.45, 2.75) is 154 Å². The molecule has 0 aliphatic rings. The average molecular weight is 672 g/mol. The molecule has 3 atom stereocenters. The first-order valence-corrected chi connectivity index (χ1v) is 19.8. The summed E-state index contributed by atoms with van der Waals surface area (Å²) in [6, 6.07) is -0.762.